The number of rotatable bonds is 7. The van der Waals surface area contributed by atoms with Crippen LogP contribution in [0.3, 0.4) is 0 Å². The highest BCUT2D eigenvalue weighted by atomic mass is 16.5. The molecule has 0 aromatic heterocycles. The average molecular weight is 233 g/mol. The number of urea groups is 1. The van der Waals surface area contributed by atoms with Crippen LogP contribution in [0.1, 0.15) is 0 Å². The van der Waals surface area contributed by atoms with E-state index in [4.69, 9.17) is 10.8 Å². The molecule has 0 unspecified atom stereocenters. The largest absolute Gasteiger partial charge is 0.480 e. The van der Waals surface area contributed by atoms with Gasteiger partial charge >= 0.3 is 12.0 Å². The summed E-state index contributed by atoms with van der Waals surface area (Å²) in [4.78, 5) is 32.9. The summed E-state index contributed by atoms with van der Waals surface area (Å²) in [5, 5.41) is 10.7. The normalized spacial score (nSPS) is 9.56. The van der Waals surface area contributed by atoms with Gasteiger partial charge < -0.3 is 25.8 Å². The molecule has 8 nitrogen and oxygen atoms in total. The molecule has 16 heavy (non-hydrogen) atoms. The van der Waals surface area contributed by atoms with Gasteiger partial charge in [0, 0.05) is 13.6 Å². The molecule has 0 aromatic rings. The molecule has 0 aliphatic rings. The van der Waals surface area contributed by atoms with Crippen LogP contribution in [0.15, 0.2) is 0 Å². The summed E-state index contributed by atoms with van der Waals surface area (Å²) in [6, 6.07) is -0.474. The highest BCUT2D eigenvalue weighted by molar-refractivity contribution is 5.82. The second kappa shape index (κ2) is 7.46. The summed E-state index contributed by atoms with van der Waals surface area (Å²) in [5.74, 6) is -1.68. The summed E-state index contributed by atoms with van der Waals surface area (Å²) in [7, 11) is 1.41. The number of carbonyl (C=O) groups excluding carboxylic acids is 2. The van der Waals surface area contributed by atoms with Crippen molar-refractivity contribution in [1.29, 1.82) is 0 Å². The SMILES string of the molecule is CN(CC(N)=O)C(=O)NCCOCC(=O)O. The van der Waals surface area contributed by atoms with E-state index >= 15 is 0 Å². The maximum absolute atomic E-state index is 11.2. The van der Waals surface area contributed by atoms with Crippen LogP contribution in [0, 0.1) is 0 Å². The first-order valence-corrected chi connectivity index (χ1v) is 4.50. The maximum atomic E-state index is 11.2. The van der Waals surface area contributed by atoms with Crippen molar-refractivity contribution in [2.75, 3.05) is 33.4 Å². The Morgan fingerprint density at radius 3 is 2.56 bits per heavy atom. The lowest BCUT2D eigenvalue weighted by Gasteiger charge is -2.15. The lowest BCUT2D eigenvalue weighted by molar-refractivity contribution is -0.142. The van der Waals surface area contributed by atoms with Crippen LogP contribution in [-0.2, 0) is 14.3 Å². The highest BCUT2D eigenvalue weighted by Crippen LogP contribution is 1.83. The molecular formula is C8H15N3O5. The Kier molecular flexibility index (Phi) is 6.61. The van der Waals surface area contributed by atoms with Crippen LogP contribution in [0.5, 0.6) is 0 Å². The number of carboxylic acids is 1. The van der Waals surface area contributed by atoms with Crippen LogP contribution in [0.25, 0.3) is 0 Å². The molecule has 0 atom stereocenters. The predicted molar refractivity (Wildman–Crippen MR) is 53.7 cm³/mol. The molecule has 0 spiro atoms. The summed E-state index contributed by atoms with van der Waals surface area (Å²) in [5.41, 5.74) is 4.89. The number of hydrogen-bond acceptors (Lipinski definition) is 4. The summed E-state index contributed by atoms with van der Waals surface area (Å²) in [6.07, 6.45) is 0. The summed E-state index contributed by atoms with van der Waals surface area (Å²) in [6.45, 7) is -0.341. The Labute approximate surface area is 92.3 Å². The first-order valence-electron chi connectivity index (χ1n) is 4.50. The molecule has 0 bridgehead atoms. The van der Waals surface area contributed by atoms with Crippen molar-refractivity contribution in [1.82, 2.24) is 10.2 Å². The monoisotopic (exact) mass is 233 g/mol. The molecule has 0 saturated carbocycles. The fourth-order valence-electron chi connectivity index (χ4n) is 0.830. The zero-order valence-electron chi connectivity index (χ0n) is 8.93. The van der Waals surface area contributed by atoms with E-state index < -0.39 is 24.5 Å². The molecule has 0 aliphatic heterocycles. The van der Waals surface area contributed by atoms with E-state index in [0.29, 0.717) is 0 Å². The third-order valence-electron chi connectivity index (χ3n) is 1.49. The van der Waals surface area contributed by atoms with Crippen LogP contribution in [0.2, 0.25) is 0 Å². The molecule has 0 aliphatic carbocycles. The number of primary amides is 1. The van der Waals surface area contributed by atoms with Gasteiger partial charge in [0.15, 0.2) is 0 Å². The van der Waals surface area contributed by atoms with Crippen LogP contribution in [0.4, 0.5) is 4.79 Å². The van der Waals surface area contributed by atoms with Crippen molar-refractivity contribution in [3.63, 3.8) is 0 Å². The maximum Gasteiger partial charge on any atom is 0.329 e. The molecule has 3 amide bonds. The van der Waals surface area contributed by atoms with E-state index in [1.807, 2.05) is 0 Å². The second-order valence-corrected chi connectivity index (χ2v) is 3.00. The molecule has 0 fully saturated rings. The molecule has 4 N–H and O–H groups in total. The minimum absolute atomic E-state index is 0.0858. The third kappa shape index (κ3) is 7.56. The van der Waals surface area contributed by atoms with Gasteiger partial charge in [0.25, 0.3) is 0 Å². The molecule has 0 heterocycles. The number of nitrogens with zero attached hydrogens (tertiary/aromatic N) is 1. The van der Waals surface area contributed by atoms with E-state index in [1.165, 1.54) is 7.05 Å². The Bertz CT molecular complexity index is 268. The number of likely N-dealkylation sites (N-methyl/N-ethyl adjacent to an activating group) is 1. The number of ether oxygens (including phenoxy) is 1. The van der Waals surface area contributed by atoms with Crippen molar-refractivity contribution in [3.8, 4) is 0 Å². The Morgan fingerprint density at radius 2 is 2.06 bits per heavy atom. The fourth-order valence-corrected chi connectivity index (χ4v) is 0.830. The number of carbonyl (C=O) groups is 3. The zero-order valence-corrected chi connectivity index (χ0v) is 8.93. The minimum Gasteiger partial charge on any atom is -0.480 e. The quantitative estimate of drug-likeness (QED) is 0.448. The highest BCUT2D eigenvalue weighted by Gasteiger charge is 2.09. The smallest absolute Gasteiger partial charge is 0.329 e. The van der Waals surface area contributed by atoms with Crippen molar-refractivity contribution >= 4 is 17.9 Å². The molecular weight excluding hydrogens is 218 g/mol. The third-order valence-corrected chi connectivity index (χ3v) is 1.49. The Hall–Kier alpha value is -1.83. The van der Waals surface area contributed by atoms with Gasteiger partial charge in [-0.15, -0.1) is 0 Å². The van der Waals surface area contributed by atoms with Crippen LogP contribution >= 0.6 is 0 Å². The van der Waals surface area contributed by atoms with Crippen LogP contribution in [-0.4, -0.2) is 61.3 Å². The number of carboxylic acid groups (broad SMARTS) is 1. The second-order valence-electron chi connectivity index (χ2n) is 3.00. The molecule has 8 heteroatoms. The zero-order chi connectivity index (χ0) is 12.6. The van der Waals surface area contributed by atoms with Gasteiger partial charge in [0.2, 0.25) is 5.91 Å². The predicted octanol–water partition coefficient (Wildman–Crippen LogP) is -1.79. The van der Waals surface area contributed by atoms with Gasteiger partial charge in [-0.1, -0.05) is 0 Å². The van der Waals surface area contributed by atoms with Crippen molar-refractivity contribution in [2.24, 2.45) is 5.73 Å². The number of nitrogens with one attached hydrogen (secondary N) is 1. The standard InChI is InChI=1S/C8H15N3O5/c1-11(4-6(9)12)8(15)10-2-3-16-5-7(13)14/h2-5H2,1H3,(H2,9,12)(H,10,15)(H,13,14). The Balaban J connectivity index is 3.57. The van der Waals surface area contributed by atoms with Crippen molar-refractivity contribution in [3.05, 3.63) is 0 Å². The van der Waals surface area contributed by atoms with Crippen molar-refractivity contribution < 1.29 is 24.2 Å². The topological polar surface area (TPSA) is 122 Å². The minimum atomic E-state index is -1.07. The molecule has 0 rings (SSSR count). The van der Waals surface area contributed by atoms with Crippen molar-refractivity contribution in [2.45, 2.75) is 0 Å². The van der Waals surface area contributed by atoms with E-state index in [2.05, 4.69) is 10.1 Å². The fraction of sp³-hybridized carbons (Fsp3) is 0.625. The lowest BCUT2D eigenvalue weighted by atomic mass is 10.5. The summed E-state index contributed by atoms with van der Waals surface area (Å²) < 4.78 is 4.68. The van der Waals surface area contributed by atoms with E-state index in [0.717, 1.165) is 4.90 Å². The first kappa shape index (κ1) is 14.2. The van der Waals surface area contributed by atoms with E-state index in [-0.39, 0.29) is 19.7 Å². The van der Waals surface area contributed by atoms with Gasteiger partial charge in [0.1, 0.15) is 13.2 Å². The number of hydrogen-bond donors (Lipinski definition) is 3. The number of nitrogens with two attached hydrogens (primary N) is 1. The molecule has 92 valence electrons. The summed E-state index contributed by atoms with van der Waals surface area (Å²) >= 11 is 0. The molecule has 0 radical (unpaired) electrons. The van der Waals surface area contributed by atoms with Gasteiger partial charge in [-0.2, -0.15) is 0 Å². The average Bonchev–Trinajstić information content (AvgIpc) is 2.15. The molecule has 0 saturated heterocycles. The first-order chi connectivity index (χ1) is 7.43. The number of amides is 3. The van der Waals surface area contributed by atoms with Gasteiger partial charge in [-0.3, -0.25) is 4.79 Å². The number of aliphatic carboxylic acids is 1. The molecule has 0 aromatic carbocycles. The lowest BCUT2D eigenvalue weighted by Crippen LogP contribution is -2.42. The van der Waals surface area contributed by atoms with Gasteiger partial charge in [-0.05, 0) is 0 Å². The van der Waals surface area contributed by atoms with Gasteiger partial charge in [0.05, 0.1) is 6.61 Å². The Morgan fingerprint density at radius 1 is 1.44 bits per heavy atom. The van der Waals surface area contributed by atoms with Gasteiger partial charge in [-0.25, -0.2) is 9.59 Å². The van der Waals surface area contributed by atoms with E-state index in [9.17, 15) is 14.4 Å². The van der Waals surface area contributed by atoms with E-state index in [1.54, 1.807) is 0 Å². The van der Waals surface area contributed by atoms with Crippen LogP contribution < -0.4 is 11.1 Å².